The molecule has 0 saturated carbocycles. The Labute approximate surface area is 112 Å². The average Bonchev–Trinajstić information content (AvgIpc) is 2.40. The Bertz CT molecular complexity index is 546. The number of nitrogens with zero attached hydrogens (tertiary/aromatic N) is 1. The van der Waals surface area contributed by atoms with Gasteiger partial charge in [0.15, 0.2) is 0 Å². The van der Waals surface area contributed by atoms with Crippen molar-refractivity contribution in [3.8, 4) is 0 Å². The fraction of sp³-hybridized carbons (Fsp3) is 0.154. The molecule has 2 aromatic rings. The minimum Gasteiger partial charge on any atom is -0.322 e. The van der Waals surface area contributed by atoms with Gasteiger partial charge in [-0.1, -0.05) is 6.07 Å². The van der Waals surface area contributed by atoms with Gasteiger partial charge in [-0.3, -0.25) is 4.98 Å². The summed E-state index contributed by atoms with van der Waals surface area (Å²) in [6, 6.07) is 7.29. The summed E-state index contributed by atoms with van der Waals surface area (Å²) in [7, 11) is 0. The molecule has 0 aliphatic rings. The van der Waals surface area contributed by atoms with E-state index in [1.54, 1.807) is 24.4 Å². The Hall–Kier alpha value is -1.33. The van der Waals surface area contributed by atoms with E-state index in [0.29, 0.717) is 5.69 Å². The van der Waals surface area contributed by atoms with Crippen molar-refractivity contribution in [1.29, 1.82) is 0 Å². The third-order valence-electron chi connectivity index (χ3n) is 2.63. The predicted molar refractivity (Wildman–Crippen MR) is 68.9 cm³/mol. The molecule has 2 nitrogen and oxygen atoms in total. The van der Waals surface area contributed by atoms with E-state index < -0.39 is 17.7 Å². The van der Waals surface area contributed by atoms with Crippen LogP contribution in [0, 0.1) is 11.6 Å². The van der Waals surface area contributed by atoms with Crippen molar-refractivity contribution in [2.24, 2.45) is 5.73 Å². The average molecular weight is 313 g/mol. The molecule has 1 aromatic carbocycles. The molecule has 0 aliphatic heterocycles. The van der Waals surface area contributed by atoms with E-state index in [-0.39, 0.29) is 16.5 Å². The van der Waals surface area contributed by atoms with Crippen molar-refractivity contribution in [3.05, 3.63) is 63.9 Å². The molecule has 18 heavy (non-hydrogen) atoms. The van der Waals surface area contributed by atoms with Crippen molar-refractivity contribution in [2.45, 2.75) is 12.5 Å². The summed E-state index contributed by atoms with van der Waals surface area (Å²) < 4.78 is 27.6. The number of pyridine rings is 1. The lowest BCUT2D eigenvalue weighted by atomic mass is 10.0. The molecule has 1 unspecified atom stereocenters. The van der Waals surface area contributed by atoms with E-state index in [1.807, 2.05) is 0 Å². The molecule has 0 fully saturated rings. The second-order valence-corrected chi connectivity index (χ2v) is 4.74. The Morgan fingerprint density at radius 3 is 2.67 bits per heavy atom. The highest BCUT2D eigenvalue weighted by molar-refractivity contribution is 9.10. The summed E-state index contributed by atoms with van der Waals surface area (Å²) in [5, 5.41) is 0. The van der Waals surface area contributed by atoms with E-state index in [2.05, 4.69) is 20.9 Å². The van der Waals surface area contributed by atoms with E-state index in [1.165, 1.54) is 12.1 Å². The van der Waals surface area contributed by atoms with Gasteiger partial charge in [-0.15, -0.1) is 0 Å². The number of hydrogen-bond donors (Lipinski definition) is 1. The minimum atomic E-state index is -0.610. The molecule has 94 valence electrons. The van der Waals surface area contributed by atoms with Gasteiger partial charge >= 0.3 is 0 Å². The molecule has 0 saturated heterocycles. The number of nitrogens with two attached hydrogens (primary N) is 1. The first-order valence-corrected chi connectivity index (χ1v) is 6.17. The summed E-state index contributed by atoms with van der Waals surface area (Å²) in [5.41, 5.74) is 6.49. The van der Waals surface area contributed by atoms with Crippen molar-refractivity contribution < 1.29 is 8.78 Å². The second kappa shape index (κ2) is 5.54. The first-order chi connectivity index (χ1) is 8.59. The summed E-state index contributed by atoms with van der Waals surface area (Å²) in [6.45, 7) is 0. The van der Waals surface area contributed by atoms with Crippen LogP contribution in [0.2, 0.25) is 0 Å². The van der Waals surface area contributed by atoms with Gasteiger partial charge in [-0.05, 0) is 46.6 Å². The van der Waals surface area contributed by atoms with Gasteiger partial charge in [0.25, 0.3) is 0 Å². The van der Waals surface area contributed by atoms with Crippen molar-refractivity contribution >= 4 is 15.9 Å². The fourth-order valence-corrected chi connectivity index (χ4v) is 2.05. The van der Waals surface area contributed by atoms with Crippen LogP contribution in [0.4, 0.5) is 8.78 Å². The highest BCUT2D eigenvalue weighted by Gasteiger charge is 2.17. The van der Waals surface area contributed by atoms with Crippen LogP contribution in [0.25, 0.3) is 0 Å². The van der Waals surface area contributed by atoms with Crippen LogP contribution in [0.15, 0.2) is 41.0 Å². The van der Waals surface area contributed by atoms with Gasteiger partial charge < -0.3 is 5.73 Å². The second-order valence-electron chi connectivity index (χ2n) is 3.89. The van der Waals surface area contributed by atoms with E-state index in [9.17, 15) is 8.78 Å². The zero-order chi connectivity index (χ0) is 13.1. The quantitative estimate of drug-likeness (QED) is 0.883. The van der Waals surface area contributed by atoms with Crippen LogP contribution in [-0.4, -0.2) is 4.98 Å². The maximum Gasteiger partial charge on any atom is 0.143 e. The molecule has 0 aliphatic carbocycles. The molecule has 0 spiro atoms. The molecule has 1 heterocycles. The monoisotopic (exact) mass is 312 g/mol. The van der Waals surface area contributed by atoms with Gasteiger partial charge in [0.1, 0.15) is 11.6 Å². The smallest absolute Gasteiger partial charge is 0.143 e. The van der Waals surface area contributed by atoms with Crippen LogP contribution in [0.3, 0.4) is 0 Å². The fourth-order valence-electron chi connectivity index (χ4n) is 1.68. The first-order valence-electron chi connectivity index (χ1n) is 5.38. The van der Waals surface area contributed by atoms with E-state index >= 15 is 0 Å². The minimum absolute atomic E-state index is 0.0254. The highest BCUT2D eigenvalue weighted by atomic mass is 79.9. The zero-order valence-corrected chi connectivity index (χ0v) is 11.0. The highest BCUT2D eigenvalue weighted by Crippen LogP contribution is 2.25. The van der Waals surface area contributed by atoms with Crippen LogP contribution in [0.5, 0.6) is 0 Å². The Morgan fingerprint density at radius 1 is 1.22 bits per heavy atom. The number of halogens is 3. The van der Waals surface area contributed by atoms with Gasteiger partial charge in [-0.2, -0.15) is 0 Å². The Balaban J connectivity index is 2.27. The number of aromatic nitrogens is 1. The molecule has 0 radical (unpaired) electrons. The zero-order valence-electron chi connectivity index (χ0n) is 9.41. The van der Waals surface area contributed by atoms with Gasteiger partial charge in [0.2, 0.25) is 0 Å². The summed E-state index contributed by atoms with van der Waals surface area (Å²) in [6.07, 6.45) is 1.66. The van der Waals surface area contributed by atoms with E-state index in [4.69, 9.17) is 5.73 Å². The van der Waals surface area contributed by atoms with Gasteiger partial charge in [-0.25, -0.2) is 8.78 Å². The van der Waals surface area contributed by atoms with Gasteiger partial charge in [0, 0.05) is 11.8 Å². The lowest BCUT2D eigenvalue weighted by molar-refractivity contribution is 0.533. The van der Waals surface area contributed by atoms with Gasteiger partial charge in [0.05, 0.1) is 16.2 Å². The number of rotatable bonds is 3. The maximum atomic E-state index is 13.8. The maximum absolute atomic E-state index is 13.8. The Morgan fingerprint density at radius 2 is 2.00 bits per heavy atom. The molecule has 2 N–H and O–H groups in total. The van der Waals surface area contributed by atoms with Crippen LogP contribution in [-0.2, 0) is 6.42 Å². The molecular weight excluding hydrogens is 302 g/mol. The van der Waals surface area contributed by atoms with Crippen molar-refractivity contribution in [3.63, 3.8) is 0 Å². The third-order valence-corrected chi connectivity index (χ3v) is 3.24. The summed E-state index contributed by atoms with van der Waals surface area (Å²) in [4.78, 5) is 4.07. The molecule has 0 amide bonds. The molecule has 0 bridgehead atoms. The SMILES string of the molecule is NC(Cc1c(F)ccc(Br)c1F)c1ccccn1. The molecule has 5 heteroatoms. The normalized spacial score (nSPS) is 12.4. The molecule has 1 atom stereocenters. The molecular formula is C13H11BrF2N2. The largest absolute Gasteiger partial charge is 0.322 e. The number of hydrogen-bond acceptors (Lipinski definition) is 2. The molecule has 1 aromatic heterocycles. The first kappa shape index (κ1) is 13.1. The molecule has 2 rings (SSSR count). The Kier molecular flexibility index (Phi) is 4.04. The lowest BCUT2D eigenvalue weighted by Gasteiger charge is -2.13. The standard InChI is InChI=1S/C13H11BrF2N2/c14-9-4-5-10(15)8(13(9)16)7-11(17)12-3-1-2-6-18-12/h1-6,11H,7,17H2. The summed E-state index contributed by atoms with van der Waals surface area (Å²) in [5.74, 6) is -1.21. The number of benzene rings is 1. The predicted octanol–water partition coefficient (Wildman–Crippen LogP) is 3.36. The van der Waals surface area contributed by atoms with E-state index in [0.717, 1.165) is 0 Å². The lowest BCUT2D eigenvalue weighted by Crippen LogP contribution is -2.16. The van der Waals surface area contributed by atoms with Crippen LogP contribution >= 0.6 is 15.9 Å². The summed E-state index contributed by atoms with van der Waals surface area (Å²) >= 11 is 3.03. The van der Waals surface area contributed by atoms with Crippen molar-refractivity contribution in [2.75, 3.05) is 0 Å². The topological polar surface area (TPSA) is 38.9 Å². The van der Waals surface area contributed by atoms with Crippen LogP contribution in [0.1, 0.15) is 17.3 Å². The van der Waals surface area contributed by atoms with Crippen molar-refractivity contribution in [1.82, 2.24) is 4.98 Å². The third kappa shape index (κ3) is 2.73. The van der Waals surface area contributed by atoms with Crippen LogP contribution < -0.4 is 5.73 Å².